The maximum atomic E-state index is 11.9. The molecule has 23 heavy (non-hydrogen) atoms. The highest BCUT2D eigenvalue weighted by molar-refractivity contribution is 7.93. The summed E-state index contributed by atoms with van der Waals surface area (Å²) in [7, 11) is -2.87. The van der Waals surface area contributed by atoms with Crippen LogP contribution >= 0.6 is 11.6 Å². The van der Waals surface area contributed by atoms with Gasteiger partial charge in [-0.05, 0) is 37.1 Å². The maximum absolute atomic E-state index is 11.9. The number of hydrogen-bond donors (Lipinski definition) is 2. The van der Waals surface area contributed by atoms with Crippen molar-refractivity contribution in [1.82, 2.24) is 10.0 Å². The van der Waals surface area contributed by atoms with Crippen molar-refractivity contribution in [2.24, 2.45) is 0 Å². The molecule has 0 saturated heterocycles. The lowest BCUT2D eigenvalue weighted by Crippen LogP contribution is -2.46. The lowest BCUT2D eigenvalue weighted by atomic mass is 10.1. The van der Waals surface area contributed by atoms with Crippen molar-refractivity contribution in [3.8, 4) is 0 Å². The number of benzene rings is 1. The first-order valence-electron chi connectivity index (χ1n) is 6.50. The Morgan fingerprint density at radius 1 is 1.26 bits per heavy atom. The summed E-state index contributed by atoms with van der Waals surface area (Å²) in [5.41, 5.74) is 1.06. The SMILES string of the molecule is COC(=O)C(C)NC(=O)NS(=O)(=O)/C=C(\C)c1ccc(Cl)cc1. The molecule has 9 heteroatoms. The van der Waals surface area contributed by atoms with Gasteiger partial charge < -0.3 is 10.1 Å². The second kappa shape index (κ2) is 7.98. The van der Waals surface area contributed by atoms with Crippen LogP contribution in [-0.2, 0) is 19.6 Å². The number of carbonyl (C=O) groups is 2. The van der Waals surface area contributed by atoms with E-state index in [2.05, 4.69) is 10.1 Å². The number of sulfonamides is 1. The highest BCUT2D eigenvalue weighted by Crippen LogP contribution is 2.17. The Bertz CT molecular complexity index is 713. The van der Waals surface area contributed by atoms with E-state index >= 15 is 0 Å². The Kier molecular flexibility index (Phi) is 6.59. The first-order chi connectivity index (χ1) is 10.6. The average Bonchev–Trinajstić information content (AvgIpc) is 2.45. The summed E-state index contributed by atoms with van der Waals surface area (Å²) in [4.78, 5) is 22.8. The molecule has 1 unspecified atom stereocenters. The molecule has 0 radical (unpaired) electrons. The zero-order valence-electron chi connectivity index (χ0n) is 12.8. The van der Waals surface area contributed by atoms with E-state index in [1.54, 1.807) is 35.9 Å². The molecule has 2 amide bonds. The van der Waals surface area contributed by atoms with Gasteiger partial charge in [0.2, 0.25) is 0 Å². The van der Waals surface area contributed by atoms with E-state index in [1.165, 1.54) is 6.92 Å². The van der Waals surface area contributed by atoms with Crippen LogP contribution in [0.5, 0.6) is 0 Å². The molecule has 0 fully saturated rings. The molecule has 2 N–H and O–H groups in total. The van der Waals surface area contributed by atoms with E-state index in [4.69, 9.17) is 11.6 Å². The third-order valence-corrected chi connectivity index (χ3v) is 4.15. The molecule has 1 aromatic rings. The quantitative estimate of drug-likeness (QED) is 0.781. The van der Waals surface area contributed by atoms with Crippen molar-refractivity contribution >= 4 is 39.2 Å². The molecular weight excluding hydrogens is 344 g/mol. The van der Waals surface area contributed by atoms with Crippen LogP contribution in [0.3, 0.4) is 0 Å². The summed E-state index contributed by atoms with van der Waals surface area (Å²) in [5.74, 6) is -0.689. The van der Waals surface area contributed by atoms with Gasteiger partial charge in [-0.1, -0.05) is 23.7 Å². The minimum atomic E-state index is -4.03. The van der Waals surface area contributed by atoms with Gasteiger partial charge in [-0.15, -0.1) is 0 Å². The molecule has 0 heterocycles. The van der Waals surface area contributed by atoms with Crippen LogP contribution in [0.15, 0.2) is 29.7 Å². The lowest BCUT2D eigenvalue weighted by molar-refractivity contribution is -0.142. The Morgan fingerprint density at radius 2 is 1.83 bits per heavy atom. The molecule has 7 nitrogen and oxygen atoms in total. The number of urea groups is 1. The van der Waals surface area contributed by atoms with Crippen LogP contribution in [-0.4, -0.2) is 33.6 Å². The molecule has 126 valence electrons. The van der Waals surface area contributed by atoms with Gasteiger partial charge in [-0.25, -0.2) is 22.7 Å². The third-order valence-electron chi connectivity index (χ3n) is 2.77. The van der Waals surface area contributed by atoms with Gasteiger partial charge in [0, 0.05) is 5.02 Å². The third kappa shape index (κ3) is 6.29. The average molecular weight is 361 g/mol. The molecule has 0 bridgehead atoms. The smallest absolute Gasteiger partial charge is 0.329 e. The van der Waals surface area contributed by atoms with Crippen molar-refractivity contribution in [2.75, 3.05) is 7.11 Å². The van der Waals surface area contributed by atoms with E-state index in [0.29, 0.717) is 16.2 Å². The molecule has 1 atom stereocenters. The maximum Gasteiger partial charge on any atom is 0.329 e. The van der Waals surface area contributed by atoms with Crippen LogP contribution in [0.25, 0.3) is 5.57 Å². The largest absolute Gasteiger partial charge is 0.467 e. The molecule has 0 aromatic heterocycles. The highest BCUT2D eigenvalue weighted by atomic mass is 35.5. The predicted octanol–water partition coefficient (Wildman–Crippen LogP) is 1.89. The summed E-state index contributed by atoms with van der Waals surface area (Å²) in [6, 6.07) is 4.56. The molecule has 0 aliphatic carbocycles. The molecule has 0 saturated carbocycles. The number of allylic oxidation sites excluding steroid dienone is 1. The van der Waals surface area contributed by atoms with Crippen molar-refractivity contribution in [3.05, 3.63) is 40.3 Å². The Balaban J connectivity index is 2.79. The number of halogens is 1. The van der Waals surface area contributed by atoms with Crippen LogP contribution in [0.4, 0.5) is 4.79 Å². The number of carbonyl (C=O) groups excluding carboxylic acids is 2. The zero-order chi connectivity index (χ0) is 17.6. The number of rotatable bonds is 5. The van der Waals surface area contributed by atoms with Crippen LogP contribution in [0.1, 0.15) is 19.4 Å². The van der Waals surface area contributed by atoms with Gasteiger partial charge in [0.25, 0.3) is 10.0 Å². The fourth-order valence-electron chi connectivity index (χ4n) is 1.63. The van der Waals surface area contributed by atoms with E-state index in [1.807, 2.05) is 0 Å². The standard InChI is InChI=1S/C14H17ClN2O5S/c1-9(11-4-6-12(15)7-5-11)8-23(20,21)17-14(19)16-10(2)13(18)22-3/h4-8,10H,1-3H3,(H2,16,17,19)/b9-8+. The monoisotopic (exact) mass is 360 g/mol. The predicted molar refractivity (Wildman–Crippen MR) is 87.2 cm³/mol. The number of esters is 1. The summed E-state index contributed by atoms with van der Waals surface area (Å²) < 4.78 is 30.1. The molecule has 1 aromatic carbocycles. The van der Waals surface area contributed by atoms with Crippen LogP contribution in [0, 0.1) is 0 Å². The van der Waals surface area contributed by atoms with Crippen molar-refractivity contribution in [2.45, 2.75) is 19.9 Å². The second-order valence-corrected chi connectivity index (χ2v) is 6.64. The minimum absolute atomic E-state index is 0.419. The summed E-state index contributed by atoms with van der Waals surface area (Å²) in [6.45, 7) is 2.95. The fourth-order valence-corrected chi connectivity index (χ4v) is 2.74. The zero-order valence-corrected chi connectivity index (χ0v) is 14.4. The van der Waals surface area contributed by atoms with E-state index in [-0.39, 0.29) is 0 Å². The first-order valence-corrected chi connectivity index (χ1v) is 8.42. The van der Waals surface area contributed by atoms with Gasteiger partial charge in [-0.3, -0.25) is 0 Å². The number of amides is 2. The van der Waals surface area contributed by atoms with Gasteiger partial charge in [0.15, 0.2) is 0 Å². The van der Waals surface area contributed by atoms with Gasteiger partial charge in [0.05, 0.1) is 12.5 Å². The normalized spacial score (nSPS) is 13.1. The molecule has 0 spiro atoms. The number of ether oxygens (including phenoxy) is 1. The van der Waals surface area contributed by atoms with Gasteiger partial charge in [0.1, 0.15) is 6.04 Å². The van der Waals surface area contributed by atoms with Gasteiger partial charge in [-0.2, -0.15) is 0 Å². The molecular formula is C14H17ClN2O5S. The van der Waals surface area contributed by atoms with Crippen molar-refractivity contribution in [1.29, 1.82) is 0 Å². The molecule has 0 aliphatic rings. The Hall–Kier alpha value is -2.06. The van der Waals surface area contributed by atoms with Gasteiger partial charge >= 0.3 is 12.0 Å². The van der Waals surface area contributed by atoms with Crippen LogP contribution in [0.2, 0.25) is 5.02 Å². The lowest BCUT2D eigenvalue weighted by Gasteiger charge is -2.12. The Morgan fingerprint density at radius 3 is 2.35 bits per heavy atom. The minimum Gasteiger partial charge on any atom is -0.467 e. The number of nitrogens with one attached hydrogen (secondary N) is 2. The first kappa shape index (κ1) is 19.0. The summed E-state index contributed by atoms with van der Waals surface area (Å²) in [5, 5.41) is 3.60. The number of methoxy groups -OCH3 is 1. The number of hydrogen-bond acceptors (Lipinski definition) is 5. The van der Waals surface area contributed by atoms with E-state index in [9.17, 15) is 18.0 Å². The Labute approximate surface area is 139 Å². The second-order valence-electron chi connectivity index (χ2n) is 4.67. The highest BCUT2D eigenvalue weighted by Gasteiger charge is 2.19. The van der Waals surface area contributed by atoms with Crippen LogP contribution < -0.4 is 10.0 Å². The van der Waals surface area contributed by atoms with Crippen molar-refractivity contribution < 1.29 is 22.7 Å². The summed E-state index contributed by atoms with van der Waals surface area (Å²) >= 11 is 5.76. The van der Waals surface area contributed by atoms with Crippen molar-refractivity contribution in [3.63, 3.8) is 0 Å². The fraction of sp³-hybridized carbons (Fsp3) is 0.286. The molecule has 0 aliphatic heterocycles. The molecule has 1 rings (SSSR count). The van der Waals surface area contributed by atoms with E-state index in [0.717, 1.165) is 12.5 Å². The topological polar surface area (TPSA) is 102 Å². The summed E-state index contributed by atoms with van der Waals surface area (Å²) in [6.07, 6.45) is 0. The van der Waals surface area contributed by atoms with E-state index < -0.39 is 28.1 Å².